The number of hydrogen-bond donors (Lipinski definition) is 0. The van der Waals surface area contributed by atoms with Gasteiger partial charge in [0.15, 0.2) is 0 Å². The second kappa shape index (κ2) is 6.34. The first-order valence-electron chi connectivity index (χ1n) is 8.00. The molecule has 116 valence electrons. The first-order chi connectivity index (χ1) is 10.2. The summed E-state index contributed by atoms with van der Waals surface area (Å²) < 4.78 is 5.35. The number of rotatable bonds is 3. The first-order valence-corrected chi connectivity index (χ1v) is 8.38. The van der Waals surface area contributed by atoms with E-state index in [2.05, 4.69) is 19.9 Å². The maximum Gasteiger partial charge on any atom is 0.322 e. The minimum absolute atomic E-state index is 0.210. The van der Waals surface area contributed by atoms with Crippen molar-refractivity contribution in [3.8, 4) is 6.01 Å². The Morgan fingerprint density at radius 2 is 1.76 bits per heavy atom. The van der Waals surface area contributed by atoms with E-state index in [4.69, 9.17) is 16.3 Å². The normalized spacial score (nSPS) is 21.5. The molecule has 0 amide bonds. The van der Waals surface area contributed by atoms with Gasteiger partial charge < -0.3 is 9.64 Å². The summed E-state index contributed by atoms with van der Waals surface area (Å²) in [7, 11) is 0. The Morgan fingerprint density at radius 1 is 1.05 bits per heavy atom. The molecule has 2 heterocycles. The van der Waals surface area contributed by atoms with E-state index < -0.39 is 0 Å². The molecule has 21 heavy (non-hydrogen) atoms. The molecule has 1 aromatic heterocycles. The second-order valence-corrected chi connectivity index (χ2v) is 6.51. The van der Waals surface area contributed by atoms with Crippen molar-refractivity contribution in [2.75, 3.05) is 24.6 Å². The van der Waals surface area contributed by atoms with Gasteiger partial charge in [-0.15, -0.1) is 0 Å². The van der Waals surface area contributed by atoms with Crippen molar-refractivity contribution >= 4 is 17.5 Å². The van der Waals surface area contributed by atoms with Crippen LogP contribution in [0.25, 0.3) is 0 Å². The SMILES string of the molecule is CCOc1nc(Cl)nc(N2CCC3(CCCCC3)CC2)n1. The number of ether oxygens (including phenoxy) is 1. The highest BCUT2D eigenvalue weighted by Gasteiger charge is 2.36. The Bertz CT molecular complexity index is 481. The molecule has 3 rings (SSSR count). The maximum absolute atomic E-state index is 5.98. The molecule has 1 aromatic rings. The number of anilines is 1. The van der Waals surface area contributed by atoms with Gasteiger partial charge in [-0.05, 0) is 49.6 Å². The molecular weight excluding hydrogens is 288 g/mol. The van der Waals surface area contributed by atoms with Crippen LogP contribution in [0.2, 0.25) is 5.28 Å². The zero-order chi connectivity index (χ0) is 14.7. The molecule has 2 aliphatic rings. The zero-order valence-corrected chi connectivity index (χ0v) is 13.4. The smallest absolute Gasteiger partial charge is 0.322 e. The van der Waals surface area contributed by atoms with Crippen molar-refractivity contribution < 1.29 is 4.74 Å². The van der Waals surface area contributed by atoms with Crippen LogP contribution >= 0.6 is 11.6 Å². The van der Waals surface area contributed by atoms with Crippen molar-refractivity contribution in [1.82, 2.24) is 15.0 Å². The maximum atomic E-state index is 5.98. The van der Waals surface area contributed by atoms with Crippen LogP contribution in [0, 0.1) is 5.41 Å². The summed E-state index contributed by atoms with van der Waals surface area (Å²) in [6.45, 7) is 4.45. The van der Waals surface area contributed by atoms with Crippen LogP contribution < -0.4 is 9.64 Å². The Morgan fingerprint density at radius 3 is 2.43 bits per heavy atom. The molecular formula is C15H23ClN4O. The Kier molecular flexibility index (Phi) is 4.48. The Hall–Kier alpha value is -1.10. The van der Waals surface area contributed by atoms with Gasteiger partial charge in [-0.25, -0.2) is 0 Å². The summed E-state index contributed by atoms with van der Waals surface area (Å²) in [4.78, 5) is 14.9. The summed E-state index contributed by atoms with van der Waals surface area (Å²) in [6.07, 6.45) is 9.46. The molecule has 1 aliphatic heterocycles. The van der Waals surface area contributed by atoms with E-state index >= 15 is 0 Å². The summed E-state index contributed by atoms with van der Waals surface area (Å²) >= 11 is 5.98. The van der Waals surface area contributed by atoms with Crippen LogP contribution in [-0.2, 0) is 0 Å². The monoisotopic (exact) mass is 310 g/mol. The van der Waals surface area contributed by atoms with Gasteiger partial charge in [0.1, 0.15) is 0 Å². The van der Waals surface area contributed by atoms with Crippen LogP contribution in [0.1, 0.15) is 51.9 Å². The van der Waals surface area contributed by atoms with E-state index in [1.165, 1.54) is 44.9 Å². The number of aromatic nitrogens is 3. The fourth-order valence-electron chi connectivity index (χ4n) is 3.64. The molecule has 2 fully saturated rings. The molecule has 1 saturated carbocycles. The number of halogens is 1. The molecule has 0 bridgehead atoms. The summed E-state index contributed by atoms with van der Waals surface area (Å²) in [5.74, 6) is 0.657. The lowest BCUT2D eigenvalue weighted by Gasteiger charge is -2.44. The van der Waals surface area contributed by atoms with Crippen molar-refractivity contribution in [3.63, 3.8) is 0 Å². The fraction of sp³-hybridized carbons (Fsp3) is 0.800. The first kappa shape index (κ1) is 14.8. The van der Waals surface area contributed by atoms with Gasteiger partial charge in [-0.1, -0.05) is 19.3 Å². The van der Waals surface area contributed by atoms with E-state index in [-0.39, 0.29) is 5.28 Å². The average molecular weight is 311 g/mol. The van der Waals surface area contributed by atoms with Crippen LogP contribution in [0.15, 0.2) is 0 Å². The predicted octanol–water partition coefficient (Wildman–Crippen LogP) is 3.47. The van der Waals surface area contributed by atoms with Crippen molar-refractivity contribution in [1.29, 1.82) is 0 Å². The number of piperidine rings is 1. The van der Waals surface area contributed by atoms with Crippen LogP contribution in [0.4, 0.5) is 5.95 Å². The van der Waals surface area contributed by atoms with E-state index in [1.54, 1.807) is 0 Å². The van der Waals surface area contributed by atoms with Crippen LogP contribution in [0.5, 0.6) is 6.01 Å². The third-order valence-electron chi connectivity index (χ3n) is 4.87. The average Bonchev–Trinajstić information content (AvgIpc) is 2.48. The highest BCUT2D eigenvalue weighted by atomic mass is 35.5. The Balaban J connectivity index is 1.68. The highest BCUT2D eigenvalue weighted by molar-refractivity contribution is 6.28. The minimum Gasteiger partial charge on any atom is -0.464 e. The summed E-state index contributed by atoms with van der Waals surface area (Å²) in [5, 5.41) is 0.210. The van der Waals surface area contributed by atoms with E-state index in [9.17, 15) is 0 Å². The molecule has 1 spiro atoms. The number of nitrogens with zero attached hydrogens (tertiary/aromatic N) is 4. The van der Waals surface area contributed by atoms with Gasteiger partial charge in [-0.3, -0.25) is 0 Å². The van der Waals surface area contributed by atoms with E-state index in [0.29, 0.717) is 24.0 Å². The molecule has 0 radical (unpaired) electrons. The highest BCUT2D eigenvalue weighted by Crippen LogP contribution is 2.44. The van der Waals surface area contributed by atoms with Gasteiger partial charge in [0, 0.05) is 13.1 Å². The van der Waals surface area contributed by atoms with E-state index in [0.717, 1.165) is 13.1 Å². The molecule has 0 unspecified atom stereocenters. The topological polar surface area (TPSA) is 51.1 Å². The largest absolute Gasteiger partial charge is 0.464 e. The molecule has 1 saturated heterocycles. The standard InChI is InChI=1S/C15H23ClN4O/c1-2-21-14-18-12(16)17-13(19-14)20-10-8-15(9-11-20)6-4-3-5-7-15/h2-11H2,1H3. The minimum atomic E-state index is 0.210. The molecule has 0 N–H and O–H groups in total. The van der Waals surface area contributed by atoms with Crippen molar-refractivity contribution in [3.05, 3.63) is 5.28 Å². The van der Waals surface area contributed by atoms with Crippen LogP contribution in [-0.4, -0.2) is 34.6 Å². The summed E-state index contributed by atoms with van der Waals surface area (Å²) in [6, 6.07) is 0.324. The lowest BCUT2D eigenvalue weighted by Crippen LogP contribution is -2.41. The lowest BCUT2D eigenvalue weighted by atomic mass is 9.68. The van der Waals surface area contributed by atoms with Crippen molar-refractivity contribution in [2.24, 2.45) is 5.41 Å². The van der Waals surface area contributed by atoms with Gasteiger partial charge in [-0.2, -0.15) is 15.0 Å². The van der Waals surface area contributed by atoms with Gasteiger partial charge >= 0.3 is 6.01 Å². The Labute approximate surface area is 131 Å². The lowest BCUT2D eigenvalue weighted by molar-refractivity contribution is 0.143. The number of hydrogen-bond acceptors (Lipinski definition) is 5. The quantitative estimate of drug-likeness (QED) is 0.855. The van der Waals surface area contributed by atoms with Gasteiger partial charge in [0.25, 0.3) is 0 Å². The molecule has 0 atom stereocenters. The third kappa shape index (κ3) is 3.39. The van der Waals surface area contributed by atoms with Crippen LogP contribution in [0.3, 0.4) is 0 Å². The molecule has 5 nitrogen and oxygen atoms in total. The fourth-order valence-corrected chi connectivity index (χ4v) is 3.79. The van der Waals surface area contributed by atoms with Gasteiger partial charge in [0.05, 0.1) is 6.61 Å². The predicted molar refractivity (Wildman–Crippen MR) is 83.0 cm³/mol. The molecule has 6 heteroatoms. The third-order valence-corrected chi connectivity index (χ3v) is 5.04. The second-order valence-electron chi connectivity index (χ2n) is 6.17. The molecule has 0 aromatic carbocycles. The van der Waals surface area contributed by atoms with Crippen molar-refractivity contribution in [2.45, 2.75) is 51.9 Å². The van der Waals surface area contributed by atoms with Gasteiger partial charge in [0.2, 0.25) is 11.2 Å². The zero-order valence-electron chi connectivity index (χ0n) is 12.6. The van der Waals surface area contributed by atoms with E-state index in [1.807, 2.05) is 6.92 Å². The summed E-state index contributed by atoms with van der Waals surface area (Å²) in [5.41, 5.74) is 0.578. The molecule has 1 aliphatic carbocycles.